The van der Waals surface area contributed by atoms with Crippen LogP contribution in [0.3, 0.4) is 0 Å². The van der Waals surface area contributed by atoms with Crippen LogP contribution >= 0.6 is 34.8 Å². The number of rotatable bonds is 15. The molecule has 8 nitrogen and oxygen atoms in total. The minimum Gasteiger partial charge on any atom is -0.495 e. The van der Waals surface area contributed by atoms with E-state index in [0.29, 0.717) is 33.5 Å². The van der Waals surface area contributed by atoms with Crippen LogP contribution < -0.4 is 14.4 Å². The van der Waals surface area contributed by atoms with Gasteiger partial charge in [0.05, 0.1) is 24.1 Å². The number of methoxy groups -OCH3 is 1. The fourth-order valence-corrected chi connectivity index (χ4v) is 6.39. The number of anilines is 1. The van der Waals surface area contributed by atoms with Gasteiger partial charge in [-0.2, -0.15) is 0 Å². The van der Waals surface area contributed by atoms with Gasteiger partial charge in [-0.3, -0.25) is 13.9 Å². The number of hydrogen-bond acceptors (Lipinski definition) is 5. The molecule has 3 rings (SSSR count). The van der Waals surface area contributed by atoms with Crippen molar-refractivity contribution in [3.63, 3.8) is 0 Å². The number of benzene rings is 3. The van der Waals surface area contributed by atoms with Crippen LogP contribution in [0.25, 0.3) is 0 Å². The molecule has 2 amide bonds. The van der Waals surface area contributed by atoms with Crippen molar-refractivity contribution >= 4 is 62.3 Å². The third-order valence-corrected chi connectivity index (χ3v) is 9.44. The summed E-state index contributed by atoms with van der Waals surface area (Å²) in [7, 11) is -2.24. The molecule has 2 atom stereocenters. The summed E-state index contributed by atoms with van der Waals surface area (Å²) in [5.74, 6) is -0.235. The SMILES string of the molecule is CC[C@@H](C)NC(=O)[C@@H](Cc1ccccc1)N(Cc1c(Cl)cccc1Cl)C(=O)CCCN(c1ccc(OC)c(Cl)c1)S(C)(=O)=O. The number of nitrogens with zero attached hydrogens (tertiary/aromatic N) is 2. The quantitative estimate of drug-likeness (QED) is 0.191. The summed E-state index contributed by atoms with van der Waals surface area (Å²) in [4.78, 5) is 29.2. The molecule has 0 unspecified atom stereocenters. The Morgan fingerprint density at radius 2 is 1.61 bits per heavy atom. The first-order valence-electron chi connectivity index (χ1n) is 14.2. The van der Waals surface area contributed by atoms with Crippen LogP contribution in [-0.2, 0) is 32.6 Å². The van der Waals surface area contributed by atoms with Gasteiger partial charge in [0.1, 0.15) is 11.8 Å². The maximum Gasteiger partial charge on any atom is 0.243 e. The van der Waals surface area contributed by atoms with Gasteiger partial charge in [0, 0.05) is 47.6 Å². The molecule has 0 fully saturated rings. The number of carbonyl (C=O) groups is 2. The van der Waals surface area contributed by atoms with E-state index in [-0.39, 0.29) is 55.2 Å². The van der Waals surface area contributed by atoms with Crippen LogP contribution in [0.2, 0.25) is 15.1 Å². The van der Waals surface area contributed by atoms with Crippen molar-refractivity contribution in [1.29, 1.82) is 0 Å². The molecule has 3 aromatic rings. The highest BCUT2D eigenvalue weighted by Gasteiger charge is 2.32. The van der Waals surface area contributed by atoms with E-state index in [1.54, 1.807) is 30.3 Å². The summed E-state index contributed by atoms with van der Waals surface area (Å²) < 4.78 is 31.8. The number of amides is 2. The zero-order valence-corrected chi connectivity index (χ0v) is 28.3. The molecule has 0 aliphatic heterocycles. The Morgan fingerprint density at radius 1 is 0.955 bits per heavy atom. The third kappa shape index (κ3) is 9.76. The van der Waals surface area contributed by atoms with Crippen molar-refractivity contribution in [2.45, 2.75) is 58.2 Å². The molecule has 0 aromatic heterocycles. The van der Waals surface area contributed by atoms with Gasteiger partial charge < -0.3 is 15.0 Å². The number of hydrogen-bond donors (Lipinski definition) is 1. The minimum atomic E-state index is -3.71. The number of halogens is 3. The molecular formula is C32H38Cl3N3O5S. The molecule has 238 valence electrons. The highest BCUT2D eigenvalue weighted by Crippen LogP contribution is 2.31. The van der Waals surface area contributed by atoms with Crippen molar-refractivity contribution in [3.05, 3.63) is 92.9 Å². The Kier molecular flexibility index (Phi) is 13.2. The smallest absolute Gasteiger partial charge is 0.243 e. The molecule has 0 saturated carbocycles. The molecule has 0 heterocycles. The van der Waals surface area contributed by atoms with Gasteiger partial charge in [-0.1, -0.05) is 78.1 Å². The Labute approximate surface area is 275 Å². The first kappa shape index (κ1) is 35.5. The standard InChI is InChI=1S/C32H38Cl3N3O5S/c1-5-22(2)36-32(40)29(19-23-11-7-6-8-12-23)37(21-25-26(33)13-9-14-27(25)34)31(39)15-10-18-38(44(4,41)42)24-16-17-30(43-3)28(35)20-24/h6-9,11-14,16-17,20,22,29H,5,10,15,18-19,21H2,1-4H3,(H,36,40)/t22-,29-/m1/s1. The lowest BCUT2D eigenvalue weighted by Crippen LogP contribution is -2.52. The van der Waals surface area contributed by atoms with E-state index in [0.717, 1.165) is 11.8 Å². The molecule has 0 saturated heterocycles. The minimum absolute atomic E-state index is 0.00730. The van der Waals surface area contributed by atoms with E-state index in [1.807, 2.05) is 44.2 Å². The number of carbonyl (C=O) groups excluding carboxylic acids is 2. The zero-order chi connectivity index (χ0) is 32.4. The predicted molar refractivity (Wildman–Crippen MR) is 178 cm³/mol. The lowest BCUT2D eigenvalue weighted by molar-refractivity contribution is -0.141. The van der Waals surface area contributed by atoms with E-state index in [2.05, 4.69) is 5.32 Å². The normalized spacial score (nSPS) is 12.7. The van der Waals surface area contributed by atoms with Gasteiger partial charge in [0.25, 0.3) is 0 Å². The maximum absolute atomic E-state index is 14.0. The fraction of sp³-hybridized carbons (Fsp3) is 0.375. The number of ether oxygens (including phenoxy) is 1. The summed E-state index contributed by atoms with van der Waals surface area (Å²) in [5, 5.41) is 4.02. The van der Waals surface area contributed by atoms with Crippen LogP contribution in [0, 0.1) is 0 Å². The van der Waals surface area contributed by atoms with Crippen LogP contribution in [0.15, 0.2) is 66.7 Å². The van der Waals surface area contributed by atoms with Gasteiger partial charge in [-0.25, -0.2) is 8.42 Å². The molecule has 0 spiro atoms. The van der Waals surface area contributed by atoms with Crippen molar-refractivity contribution in [3.8, 4) is 5.75 Å². The molecule has 44 heavy (non-hydrogen) atoms. The third-order valence-electron chi connectivity index (χ3n) is 7.24. The van der Waals surface area contributed by atoms with Crippen molar-refractivity contribution in [2.75, 3.05) is 24.2 Å². The lowest BCUT2D eigenvalue weighted by atomic mass is 10.0. The van der Waals surface area contributed by atoms with Crippen LogP contribution in [-0.4, -0.2) is 57.1 Å². The van der Waals surface area contributed by atoms with Crippen LogP contribution in [0.1, 0.15) is 44.2 Å². The predicted octanol–water partition coefficient (Wildman–Crippen LogP) is 6.76. The average Bonchev–Trinajstić information content (AvgIpc) is 2.98. The lowest BCUT2D eigenvalue weighted by Gasteiger charge is -2.33. The summed E-state index contributed by atoms with van der Waals surface area (Å²) in [5.41, 5.74) is 1.74. The van der Waals surface area contributed by atoms with Gasteiger partial charge >= 0.3 is 0 Å². The Morgan fingerprint density at radius 3 is 2.18 bits per heavy atom. The topological polar surface area (TPSA) is 96.0 Å². The second kappa shape index (κ2) is 16.4. The monoisotopic (exact) mass is 681 g/mol. The van der Waals surface area contributed by atoms with E-state index in [1.165, 1.54) is 22.4 Å². The molecular weight excluding hydrogens is 645 g/mol. The zero-order valence-electron chi connectivity index (χ0n) is 25.2. The molecule has 0 radical (unpaired) electrons. The largest absolute Gasteiger partial charge is 0.495 e. The maximum atomic E-state index is 14.0. The van der Waals surface area contributed by atoms with Gasteiger partial charge in [0.15, 0.2) is 0 Å². The molecule has 3 aromatic carbocycles. The van der Waals surface area contributed by atoms with E-state index in [4.69, 9.17) is 39.5 Å². The Hall–Kier alpha value is -2.98. The Bertz CT molecular complexity index is 1520. The highest BCUT2D eigenvalue weighted by atomic mass is 35.5. The van der Waals surface area contributed by atoms with Crippen molar-refractivity contribution < 1.29 is 22.7 Å². The first-order valence-corrected chi connectivity index (χ1v) is 17.2. The second-order valence-electron chi connectivity index (χ2n) is 10.5. The summed E-state index contributed by atoms with van der Waals surface area (Å²) >= 11 is 19.3. The first-order chi connectivity index (χ1) is 20.8. The number of nitrogens with one attached hydrogen (secondary N) is 1. The van der Waals surface area contributed by atoms with Gasteiger partial charge in [-0.15, -0.1) is 0 Å². The molecule has 0 aliphatic rings. The van der Waals surface area contributed by atoms with E-state index in [9.17, 15) is 18.0 Å². The van der Waals surface area contributed by atoms with Gasteiger partial charge in [-0.05, 0) is 55.7 Å². The molecule has 0 aliphatic carbocycles. The average molecular weight is 683 g/mol. The summed E-state index contributed by atoms with van der Waals surface area (Å²) in [6.07, 6.45) is 2.20. The van der Waals surface area contributed by atoms with E-state index >= 15 is 0 Å². The summed E-state index contributed by atoms with van der Waals surface area (Å²) in [6, 6.07) is 18.2. The van der Waals surface area contributed by atoms with Crippen molar-refractivity contribution in [2.24, 2.45) is 0 Å². The highest BCUT2D eigenvalue weighted by molar-refractivity contribution is 7.92. The number of sulfonamides is 1. The van der Waals surface area contributed by atoms with Crippen LogP contribution in [0.5, 0.6) is 5.75 Å². The fourth-order valence-electron chi connectivity index (χ4n) is 4.66. The van der Waals surface area contributed by atoms with Gasteiger partial charge in [0.2, 0.25) is 21.8 Å². The van der Waals surface area contributed by atoms with Crippen molar-refractivity contribution in [1.82, 2.24) is 10.2 Å². The Balaban J connectivity index is 1.94. The van der Waals surface area contributed by atoms with Crippen LogP contribution in [0.4, 0.5) is 5.69 Å². The summed E-state index contributed by atoms with van der Waals surface area (Å²) in [6.45, 7) is 3.87. The van der Waals surface area contributed by atoms with E-state index < -0.39 is 16.1 Å². The molecule has 1 N–H and O–H groups in total. The molecule has 12 heteroatoms. The molecule has 0 bridgehead atoms. The second-order valence-corrected chi connectivity index (χ2v) is 13.6.